The van der Waals surface area contributed by atoms with Gasteiger partial charge in [0.25, 0.3) is 0 Å². The van der Waals surface area contributed by atoms with E-state index in [1.54, 1.807) is 0 Å². The number of nitrogens with one attached hydrogen (secondary N) is 8. The molecule has 8 aliphatic heterocycles. The lowest BCUT2D eigenvalue weighted by molar-refractivity contribution is -0.333. The molecule has 8 aliphatic rings. The Labute approximate surface area is 708 Å². The Morgan fingerprint density at radius 2 is 1.26 bits per heavy atom. The predicted molar refractivity (Wildman–Crippen MR) is 435 cm³/mol. The molecule has 24 N–H and O–H groups in total. The van der Waals surface area contributed by atoms with Crippen molar-refractivity contribution in [1.29, 1.82) is 0 Å². The van der Waals surface area contributed by atoms with Crippen LogP contribution in [0.5, 0.6) is 46.0 Å². The molecule has 7 amide bonds. The number of carbonyl (C=O) groups excluding carboxylic acids is 7. The fraction of sp³-hybridized carbons (Fsp3) is 0.548. The van der Waals surface area contributed by atoms with E-state index in [-0.39, 0.29) is 70.5 Å². The molecule has 1 unspecified atom stereocenters. The van der Waals surface area contributed by atoms with Crippen LogP contribution in [-0.2, 0) is 68.6 Å². The lowest BCUT2D eigenvalue weighted by atomic mass is 9.86. The number of hydrogen-bond acceptors (Lipinski definition) is 29. The number of ether oxygens (including phenoxy) is 8. The van der Waals surface area contributed by atoms with Gasteiger partial charge in [0, 0.05) is 47.2 Å². The third-order valence-electron chi connectivity index (χ3n) is 22.9. The molecular weight excluding hydrogens is 1610 g/mol. The zero-order valence-electron chi connectivity index (χ0n) is 68.9. The van der Waals surface area contributed by atoms with Gasteiger partial charge in [-0.2, -0.15) is 0 Å². The summed E-state index contributed by atoms with van der Waals surface area (Å²) >= 11 is 7.19. The van der Waals surface area contributed by atoms with Crippen molar-refractivity contribution in [3.05, 3.63) is 117 Å². The van der Waals surface area contributed by atoms with Crippen LogP contribution in [-0.4, -0.2) is 222 Å². The van der Waals surface area contributed by atoms with Crippen molar-refractivity contribution in [2.75, 3.05) is 20.2 Å². The van der Waals surface area contributed by atoms with Crippen LogP contribution in [0.2, 0.25) is 5.02 Å². The summed E-state index contributed by atoms with van der Waals surface area (Å²) in [6.07, 6.45) is -14.5. The first kappa shape index (κ1) is 93.1. The van der Waals surface area contributed by atoms with Crippen LogP contribution in [0.3, 0.4) is 0 Å². The van der Waals surface area contributed by atoms with Crippen molar-refractivity contribution in [2.24, 2.45) is 23.1 Å². The highest BCUT2D eigenvalue weighted by atomic mass is 35.5. The van der Waals surface area contributed by atoms with Crippen molar-refractivity contribution in [1.82, 2.24) is 42.5 Å². The molecule has 0 spiro atoms. The Hall–Kier alpha value is -9.65. The van der Waals surface area contributed by atoms with Gasteiger partial charge in [0.2, 0.25) is 53.4 Å². The molecule has 666 valence electrons. The molecule has 5 aromatic carbocycles. The summed E-state index contributed by atoms with van der Waals surface area (Å²) in [4.78, 5) is 122. The van der Waals surface area contributed by atoms with Crippen LogP contribution in [0.15, 0.2) is 78.9 Å². The van der Waals surface area contributed by atoms with E-state index >= 15 is 24.0 Å². The number of likely N-dealkylation sites (N-methyl/N-ethyl adjacent to an activating group) is 1. The smallest absolute Gasteiger partial charge is 0.330 e. The molecule has 122 heavy (non-hydrogen) atoms. The highest BCUT2D eigenvalue weighted by molar-refractivity contribution is 6.32. The average Bonchev–Trinajstić information content (AvgIpc) is 0.760. The number of fused-ring (bicyclic) bond motifs is 15. The number of amides is 7. The topological polar surface area (TPSA) is 587 Å². The van der Waals surface area contributed by atoms with E-state index in [1.165, 1.54) is 71.1 Å². The van der Waals surface area contributed by atoms with Gasteiger partial charge in [0.15, 0.2) is 36.2 Å². The summed E-state index contributed by atoms with van der Waals surface area (Å²) in [6, 6.07) is 0.989. The van der Waals surface area contributed by atoms with Gasteiger partial charge >= 0.3 is 5.97 Å². The normalized spacial score (nSPS) is 30.2. The Balaban J connectivity index is 1.16. The third kappa shape index (κ3) is 21.4. The minimum atomic E-state index is -2.36. The number of carboxylic acid groups (broad SMARTS) is 1. The van der Waals surface area contributed by atoms with Gasteiger partial charge in [-0.05, 0) is 137 Å². The fourth-order valence-corrected chi connectivity index (χ4v) is 16.3. The van der Waals surface area contributed by atoms with E-state index in [0.29, 0.717) is 13.0 Å². The molecule has 8 heterocycles. The summed E-state index contributed by atoms with van der Waals surface area (Å²) in [5.74, 6) is -15.3. The number of carbonyl (C=O) groups is 8. The number of unbranched alkanes of at least 4 members (excludes halogenated alkanes) is 7. The number of nitrogens with two attached hydrogens (primary N) is 3. The van der Waals surface area contributed by atoms with Crippen molar-refractivity contribution in [3.8, 4) is 57.1 Å². The zero-order valence-corrected chi connectivity index (χ0v) is 69.6. The summed E-state index contributed by atoms with van der Waals surface area (Å²) < 4.78 is 52.1. The maximum atomic E-state index is 16.6. The molecule has 5 aromatic rings. The number of hydrogen-bond donors (Lipinski definition) is 21. The second-order valence-corrected chi connectivity index (χ2v) is 33.4. The van der Waals surface area contributed by atoms with Gasteiger partial charge < -0.3 is 149 Å². The van der Waals surface area contributed by atoms with Crippen molar-refractivity contribution in [3.63, 3.8) is 0 Å². The molecule has 0 aromatic heterocycles. The highest BCUT2D eigenvalue weighted by Crippen LogP contribution is 2.51. The summed E-state index contributed by atoms with van der Waals surface area (Å²) in [5.41, 5.74) is 13.6. The van der Waals surface area contributed by atoms with Gasteiger partial charge in [0.1, 0.15) is 89.5 Å². The van der Waals surface area contributed by atoms with Crippen molar-refractivity contribution >= 4 is 58.9 Å². The number of benzene rings is 5. The predicted octanol–water partition coefficient (Wildman–Crippen LogP) is 2.92. The first-order chi connectivity index (χ1) is 57.8. The van der Waals surface area contributed by atoms with Crippen molar-refractivity contribution < 1.29 is 127 Å². The van der Waals surface area contributed by atoms with Gasteiger partial charge in [-0.25, -0.2) is 4.79 Å². The van der Waals surface area contributed by atoms with E-state index in [2.05, 4.69) is 49.5 Å². The minimum Gasteiger partial charge on any atom is -0.507 e. The number of phenolic OH excluding ortho intramolecular Hbond substituents is 3. The SMILES string of the molecule is CCCCCCCCCCNCc1c(O)cc2c(c1O)-c1cc(ccc1O)[C@H]1NC(=O)[C@@H]3NC(=O)[C@H](CC(N)=O)NC(=O)[C@H](NC(=O)[C@@H](CC(C)C)NC)[C@H](O)c4ccc(c(Cl)c4)Oc4cc3cc(c4O[C@@H]3O[C@H](CO)[C@@H](O)[C@H](O)[C@H]3O[C@H]3C[C@](C)(N)[C@@H](O)[C@H](C)O3)Oc3ccc(cc3)[C@@H](O[C@H]3C[C@](C)(N)[C@@H](O)[C@H](C)O3)[C@H](NC1=O)C(=O)NC2C(=O)O. The Kier molecular flexibility index (Phi) is 30.4. The van der Waals surface area contributed by atoms with E-state index in [4.69, 9.17) is 66.7 Å². The molecular formula is C84H112ClN11O26. The minimum absolute atomic E-state index is 0.0382. The maximum absolute atomic E-state index is 16.6. The zero-order chi connectivity index (χ0) is 88.7. The van der Waals surface area contributed by atoms with Crippen LogP contribution in [0, 0.1) is 5.92 Å². The van der Waals surface area contributed by atoms with Gasteiger partial charge in [0.05, 0.1) is 54.1 Å². The Morgan fingerprint density at radius 1 is 0.664 bits per heavy atom. The van der Waals surface area contributed by atoms with Crippen LogP contribution in [0.4, 0.5) is 0 Å². The van der Waals surface area contributed by atoms with E-state index in [9.17, 15) is 65.4 Å². The molecule has 38 heteroatoms. The van der Waals surface area contributed by atoms with Crippen LogP contribution in [0.25, 0.3) is 11.1 Å². The molecule has 0 aliphatic carbocycles. The molecule has 3 fully saturated rings. The summed E-state index contributed by atoms with van der Waals surface area (Å²) in [6.45, 7) is 11.0. The molecule has 3 saturated heterocycles. The lowest BCUT2D eigenvalue weighted by Crippen LogP contribution is -2.64. The van der Waals surface area contributed by atoms with Crippen molar-refractivity contribution in [2.45, 2.75) is 265 Å². The van der Waals surface area contributed by atoms with Crippen LogP contribution in [0.1, 0.15) is 189 Å². The molecule has 37 nitrogen and oxygen atoms in total. The Bertz CT molecular complexity index is 4620. The summed E-state index contributed by atoms with van der Waals surface area (Å²) in [5, 5.41) is 139. The Morgan fingerprint density at radius 3 is 1.87 bits per heavy atom. The van der Waals surface area contributed by atoms with Gasteiger partial charge in [-0.1, -0.05) is 102 Å². The molecule has 22 atom stereocenters. The second-order valence-electron chi connectivity index (χ2n) is 33.0. The summed E-state index contributed by atoms with van der Waals surface area (Å²) in [7, 11) is 1.48. The maximum Gasteiger partial charge on any atom is 0.330 e. The van der Waals surface area contributed by atoms with Crippen LogP contribution < -0.4 is 73.9 Å². The molecule has 0 saturated carbocycles. The van der Waals surface area contributed by atoms with Crippen LogP contribution >= 0.6 is 11.6 Å². The monoisotopic (exact) mass is 1730 g/mol. The number of halogens is 1. The largest absolute Gasteiger partial charge is 0.507 e. The third-order valence-corrected chi connectivity index (χ3v) is 23.2. The first-order valence-electron chi connectivity index (χ1n) is 40.9. The highest BCUT2D eigenvalue weighted by Gasteiger charge is 2.53. The standard InChI is InChI=1S/C84H112ClN11O26/c1-9-10-11-12-13-14-15-16-25-90-35-47-52(99)31-46-60(67(47)102)45-27-41(19-23-51(45)98)61-77(109)96-65(80(112)94-63(46)81(113)114)70(120-58-33-83(6,87)73(105)38(4)115-58)40-17-21-44(22-18-40)117-54-29-43-30-55(71(54)122-82-72(69(104)68(103)56(36-97)119-82)121-59-34-84(7,88)74(106)39(5)116-59)118-53-24-20-42(28-48(53)85)66(101)64(95-75(107)49(89-8)26-37(2)3)79(111)91-50(32-57(86)100)76(108)92-62(43)78(110)93-61/h17-24,27-31,37-39,49-50,56,58-59,61-66,68-70,72-74,82,89-90,97-99,101-106H,9-16,25-26,32-36,87-88H2,1-8H3,(H2,86,100)(H,91,111)(H,92,108)(H,93,110)(H,94,112)(H,95,107)(H,96,109)(H,113,114)/t38-,39-,49+,50-,56+,58-,59-,61+,62+,63?,64+,65-,66+,68+,69-,70+,72+,73-,74-,82-,83-,84-/m0/s1. The van der Waals surface area contributed by atoms with E-state index in [0.717, 1.165) is 87.4 Å². The average molecular weight is 1730 g/mol. The fourth-order valence-electron chi connectivity index (χ4n) is 16.1. The molecule has 13 rings (SSSR count). The number of phenols is 3. The van der Waals surface area contributed by atoms with Gasteiger partial charge in [-0.15, -0.1) is 0 Å². The number of rotatable bonds is 26. The number of aliphatic hydroxyl groups is 6. The molecule has 0 radical (unpaired) electrons. The number of aliphatic hydroxyl groups excluding tert-OH is 6. The van der Waals surface area contributed by atoms with E-state index in [1.807, 2.05) is 13.8 Å². The number of aromatic hydroxyl groups is 3. The van der Waals surface area contributed by atoms with E-state index < -0.39 is 250 Å². The number of primary amides is 1. The number of carboxylic acids is 1. The molecule has 11 bridgehead atoms. The quantitative estimate of drug-likeness (QED) is 0.0354. The number of aliphatic carboxylic acids is 1. The first-order valence-corrected chi connectivity index (χ1v) is 41.3. The second kappa shape index (κ2) is 39.9. The van der Waals surface area contributed by atoms with Gasteiger partial charge in [-0.3, -0.25) is 33.6 Å². The lowest BCUT2D eigenvalue weighted by Gasteiger charge is -2.47.